The molecule has 0 amide bonds. The molecule has 0 saturated carbocycles. The van der Waals surface area contributed by atoms with Crippen LogP contribution in [0.3, 0.4) is 0 Å². The zero-order valence-electron chi connectivity index (χ0n) is 12.3. The Bertz CT molecular complexity index is 578. The molecule has 0 spiro atoms. The van der Waals surface area contributed by atoms with Crippen LogP contribution in [0.5, 0.6) is 5.88 Å². The van der Waals surface area contributed by atoms with E-state index in [1.54, 1.807) is 19.5 Å². The minimum absolute atomic E-state index is 0.0658. The summed E-state index contributed by atoms with van der Waals surface area (Å²) >= 11 is 0. The normalized spacial score (nSPS) is 11.2. The SMILES string of the molecule is COc1ncccc1CNc1ccnc(C(C)(C)C)n1. The molecular formula is C15H20N4O. The first-order valence-electron chi connectivity index (χ1n) is 6.56. The molecule has 0 aliphatic heterocycles. The Balaban J connectivity index is 2.11. The summed E-state index contributed by atoms with van der Waals surface area (Å²) in [6.45, 7) is 6.89. The second-order valence-corrected chi connectivity index (χ2v) is 5.54. The van der Waals surface area contributed by atoms with Crippen LogP contribution in [-0.4, -0.2) is 22.1 Å². The molecule has 0 unspecified atom stereocenters. The van der Waals surface area contributed by atoms with Crippen LogP contribution < -0.4 is 10.1 Å². The van der Waals surface area contributed by atoms with Gasteiger partial charge in [0.15, 0.2) is 0 Å². The summed E-state index contributed by atoms with van der Waals surface area (Å²) < 4.78 is 5.23. The Morgan fingerprint density at radius 3 is 2.65 bits per heavy atom. The van der Waals surface area contributed by atoms with E-state index < -0.39 is 0 Å². The topological polar surface area (TPSA) is 59.9 Å². The summed E-state index contributed by atoms with van der Waals surface area (Å²) in [6, 6.07) is 5.73. The van der Waals surface area contributed by atoms with E-state index in [9.17, 15) is 0 Å². The molecule has 2 heterocycles. The van der Waals surface area contributed by atoms with Gasteiger partial charge >= 0.3 is 0 Å². The van der Waals surface area contributed by atoms with E-state index in [0.717, 1.165) is 17.2 Å². The zero-order chi connectivity index (χ0) is 14.6. The smallest absolute Gasteiger partial charge is 0.218 e. The molecule has 0 saturated heterocycles. The van der Waals surface area contributed by atoms with E-state index in [4.69, 9.17) is 4.74 Å². The van der Waals surface area contributed by atoms with Crippen LogP contribution in [0.25, 0.3) is 0 Å². The van der Waals surface area contributed by atoms with Gasteiger partial charge in [-0.15, -0.1) is 0 Å². The monoisotopic (exact) mass is 272 g/mol. The third kappa shape index (κ3) is 3.44. The Kier molecular flexibility index (Phi) is 4.17. The Labute approximate surface area is 119 Å². The van der Waals surface area contributed by atoms with Crippen molar-refractivity contribution in [2.75, 3.05) is 12.4 Å². The van der Waals surface area contributed by atoms with Crippen molar-refractivity contribution in [3.63, 3.8) is 0 Å². The standard InChI is InChI=1S/C15H20N4O/c1-15(2,3)14-17-9-7-12(19-14)18-10-11-6-5-8-16-13(11)20-4/h5-9H,10H2,1-4H3,(H,17,18,19). The summed E-state index contributed by atoms with van der Waals surface area (Å²) in [5, 5.41) is 3.28. The number of rotatable bonds is 4. The second kappa shape index (κ2) is 5.86. The highest BCUT2D eigenvalue weighted by Crippen LogP contribution is 2.20. The van der Waals surface area contributed by atoms with Gasteiger partial charge in [0, 0.05) is 29.9 Å². The quantitative estimate of drug-likeness (QED) is 0.927. The van der Waals surface area contributed by atoms with Gasteiger partial charge in [-0.1, -0.05) is 26.8 Å². The number of ether oxygens (including phenoxy) is 1. The van der Waals surface area contributed by atoms with Crippen molar-refractivity contribution in [3.05, 3.63) is 42.0 Å². The fraction of sp³-hybridized carbons (Fsp3) is 0.400. The van der Waals surface area contributed by atoms with Gasteiger partial charge in [0.05, 0.1) is 7.11 Å². The Morgan fingerprint density at radius 1 is 1.15 bits per heavy atom. The maximum absolute atomic E-state index is 5.23. The van der Waals surface area contributed by atoms with Gasteiger partial charge in [-0.05, 0) is 12.1 Å². The number of hydrogen-bond acceptors (Lipinski definition) is 5. The molecule has 0 fully saturated rings. The summed E-state index contributed by atoms with van der Waals surface area (Å²) in [6.07, 6.45) is 3.49. The van der Waals surface area contributed by atoms with Crippen molar-refractivity contribution < 1.29 is 4.74 Å². The number of nitrogens with one attached hydrogen (secondary N) is 1. The molecule has 20 heavy (non-hydrogen) atoms. The van der Waals surface area contributed by atoms with Gasteiger partial charge in [0.2, 0.25) is 5.88 Å². The van der Waals surface area contributed by atoms with Crippen molar-refractivity contribution in [2.45, 2.75) is 32.7 Å². The average molecular weight is 272 g/mol. The number of methoxy groups -OCH3 is 1. The highest BCUT2D eigenvalue weighted by atomic mass is 16.5. The van der Waals surface area contributed by atoms with Crippen LogP contribution in [0, 0.1) is 0 Å². The summed E-state index contributed by atoms with van der Waals surface area (Å²) in [5.41, 5.74) is 0.926. The molecule has 1 N–H and O–H groups in total. The van der Waals surface area contributed by atoms with E-state index in [2.05, 4.69) is 41.0 Å². The maximum Gasteiger partial charge on any atom is 0.218 e. The van der Waals surface area contributed by atoms with Gasteiger partial charge in [0.1, 0.15) is 11.6 Å². The van der Waals surface area contributed by atoms with E-state index in [1.807, 2.05) is 18.2 Å². The van der Waals surface area contributed by atoms with Crippen molar-refractivity contribution in [2.24, 2.45) is 0 Å². The van der Waals surface area contributed by atoms with Gasteiger partial charge in [-0.25, -0.2) is 15.0 Å². The Hall–Kier alpha value is -2.17. The van der Waals surface area contributed by atoms with E-state index in [1.165, 1.54) is 0 Å². The Morgan fingerprint density at radius 2 is 1.95 bits per heavy atom. The lowest BCUT2D eigenvalue weighted by molar-refractivity contribution is 0.393. The first-order valence-corrected chi connectivity index (χ1v) is 6.56. The molecule has 106 valence electrons. The first-order chi connectivity index (χ1) is 9.50. The van der Waals surface area contributed by atoms with Crippen molar-refractivity contribution in [1.82, 2.24) is 15.0 Å². The van der Waals surface area contributed by atoms with E-state index in [0.29, 0.717) is 12.4 Å². The van der Waals surface area contributed by atoms with E-state index >= 15 is 0 Å². The lowest BCUT2D eigenvalue weighted by atomic mass is 9.96. The zero-order valence-corrected chi connectivity index (χ0v) is 12.3. The minimum Gasteiger partial charge on any atom is -0.481 e. The number of hydrogen-bond donors (Lipinski definition) is 1. The lowest BCUT2D eigenvalue weighted by Gasteiger charge is -2.17. The fourth-order valence-electron chi connectivity index (χ4n) is 1.75. The molecule has 2 aromatic heterocycles. The molecule has 0 bridgehead atoms. The molecule has 2 rings (SSSR count). The summed E-state index contributed by atoms with van der Waals surface area (Å²) in [7, 11) is 1.62. The number of anilines is 1. The molecule has 2 aromatic rings. The third-order valence-corrected chi connectivity index (χ3v) is 2.83. The lowest BCUT2D eigenvalue weighted by Crippen LogP contribution is -2.17. The fourth-order valence-corrected chi connectivity index (χ4v) is 1.75. The van der Waals surface area contributed by atoms with E-state index in [-0.39, 0.29) is 5.41 Å². The van der Waals surface area contributed by atoms with Gasteiger partial charge < -0.3 is 10.1 Å². The van der Waals surface area contributed by atoms with Crippen LogP contribution in [-0.2, 0) is 12.0 Å². The molecule has 0 aromatic carbocycles. The predicted molar refractivity (Wildman–Crippen MR) is 78.8 cm³/mol. The van der Waals surface area contributed by atoms with Gasteiger partial charge in [-0.2, -0.15) is 0 Å². The summed E-state index contributed by atoms with van der Waals surface area (Å²) in [4.78, 5) is 13.0. The van der Waals surface area contributed by atoms with Crippen LogP contribution in [0.15, 0.2) is 30.6 Å². The highest BCUT2D eigenvalue weighted by molar-refractivity contribution is 5.37. The second-order valence-electron chi connectivity index (χ2n) is 5.54. The number of pyridine rings is 1. The van der Waals surface area contributed by atoms with Crippen molar-refractivity contribution >= 4 is 5.82 Å². The van der Waals surface area contributed by atoms with Crippen LogP contribution in [0.2, 0.25) is 0 Å². The molecule has 5 nitrogen and oxygen atoms in total. The van der Waals surface area contributed by atoms with Gasteiger partial charge in [0.25, 0.3) is 0 Å². The molecule has 0 radical (unpaired) electrons. The number of aromatic nitrogens is 3. The first kappa shape index (κ1) is 14.2. The van der Waals surface area contributed by atoms with Crippen LogP contribution in [0.1, 0.15) is 32.2 Å². The summed E-state index contributed by atoms with van der Waals surface area (Å²) in [5.74, 6) is 2.25. The van der Waals surface area contributed by atoms with Crippen LogP contribution in [0.4, 0.5) is 5.82 Å². The predicted octanol–water partition coefficient (Wildman–Crippen LogP) is 2.79. The third-order valence-electron chi connectivity index (χ3n) is 2.83. The van der Waals surface area contributed by atoms with Crippen LogP contribution >= 0.6 is 0 Å². The molecule has 0 aliphatic carbocycles. The highest BCUT2D eigenvalue weighted by Gasteiger charge is 2.17. The van der Waals surface area contributed by atoms with Gasteiger partial charge in [-0.3, -0.25) is 0 Å². The molecule has 0 atom stereocenters. The molecule has 5 heteroatoms. The maximum atomic E-state index is 5.23. The van der Waals surface area contributed by atoms with Crippen molar-refractivity contribution in [3.8, 4) is 5.88 Å². The largest absolute Gasteiger partial charge is 0.481 e. The average Bonchev–Trinajstić information content (AvgIpc) is 2.45. The van der Waals surface area contributed by atoms with Crippen molar-refractivity contribution in [1.29, 1.82) is 0 Å². The molecule has 0 aliphatic rings. The molecular weight excluding hydrogens is 252 g/mol. The number of nitrogens with zero attached hydrogens (tertiary/aromatic N) is 3. The minimum atomic E-state index is -0.0658.